The highest BCUT2D eigenvalue weighted by atomic mass is 127. The van der Waals surface area contributed by atoms with Crippen molar-refractivity contribution in [3.63, 3.8) is 0 Å². The Hall–Kier alpha value is -1.88. The first kappa shape index (κ1) is 15.0. The largest absolute Gasteiger partial charge is 0.489 e. The molecule has 0 aliphatic carbocycles. The Morgan fingerprint density at radius 3 is 2.23 bits per heavy atom. The van der Waals surface area contributed by atoms with Crippen molar-refractivity contribution >= 4 is 0 Å². The quantitative estimate of drug-likeness (QED) is 0.586. The van der Waals surface area contributed by atoms with Crippen LogP contribution in [0, 0.1) is 13.0 Å². The molecule has 0 radical (unpaired) electrons. The predicted octanol–water partition coefficient (Wildman–Crippen LogP) is 1.53. The molecule has 0 atom stereocenters. The molecule has 0 spiro atoms. The normalized spacial score (nSPS) is 10.4. The summed E-state index contributed by atoms with van der Waals surface area (Å²) in [6.07, 6.45) is 0. The molecule has 0 fully saturated rings. The summed E-state index contributed by atoms with van der Waals surface area (Å²) in [4.78, 5) is 0. The average Bonchev–Trinajstić information content (AvgIpc) is 2.55. The average molecular weight is 405 g/mol. The van der Waals surface area contributed by atoms with Crippen molar-refractivity contribution in [3.8, 4) is 5.75 Å². The first-order valence-electron chi connectivity index (χ1n) is 6.97. The minimum absolute atomic E-state index is 0.148. The molecule has 3 rings (SSSR count). The number of hydrogen-bond acceptors (Lipinski definition) is 1. The van der Waals surface area contributed by atoms with Crippen LogP contribution in [-0.4, -0.2) is 0 Å². The lowest BCUT2D eigenvalue weighted by molar-refractivity contribution is -0.597. The Labute approximate surface area is 140 Å². The summed E-state index contributed by atoms with van der Waals surface area (Å²) in [5.41, 5.74) is 0.834. The third-order valence-electron chi connectivity index (χ3n) is 3.06. The van der Waals surface area contributed by atoms with Crippen molar-refractivity contribution < 1.29 is 30.3 Å². The summed E-state index contributed by atoms with van der Waals surface area (Å²) in [5.74, 6) is 0.578. The van der Waals surface area contributed by atoms with E-state index in [4.69, 9.17) is 4.74 Å². The summed E-state index contributed by atoms with van der Waals surface area (Å²) >= 11 is -0.148. The Morgan fingerprint density at radius 2 is 1.50 bits per heavy atom. The Morgan fingerprint density at radius 1 is 0.773 bits per heavy atom. The van der Waals surface area contributed by atoms with Crippen molar-refractivity contribution in [1.82, 2.24) is 0 Å². The third kappa shape index (κ3) is 4.31. The summed E-state index contributed by atoms with van der Waals surface area (Å²) in [5, 5.41) is 0. The maximum absolute atomic E-state index is 13.1. The summed E-state index contributed by atoms with van der Waals surface area (Å²) in [6, 6.07) is 25.2. The molecule has 0 unspecified atom stereocenters. The molecule has 0 N–H and O–H groups in total. The summed E-state index contributed by atoms with van der Waals surface area (Å²) in [6.45, 7) is 0.380. The van der Waals surface area contributed by atoms with E-state index in [0.717, 1.165) is 11.3 Å². The van der Waals surface area contributed by atoms with Gasteiger partial charge in [-0.3, -0.25) is 0 Å². The van der Waals surface area contributed by atoms with E-state index in [0.29, 0.717) is 6.61 Å². The van der Waals surface area contributed by atoms with Crippen molar-refractivity contribution in [1.29, 1.82) is 0 Å². The van der Waals surface area contributed by atoms with E-state index in [1.54, 1.807) is 6.07 Å². The van der Waals surface area contributed by atoms with Gasteiger partial charge in [-0.1, -0.05) is 30.3 Å². The monoisotopic (exact) mass is 405 g/mol. The van der Waals surface area contributed by atoms with Gasteiger partial charge in [-0.15, -0.1) is 0 Å². The van der Waals surface area contributed by atoms with Crippen LogP contribution in [-0.2, 0) is 6.61 Å². The number of benzene rings is 3. The number of hydrogen-bond donors (Lipinski definition) is 0. The smallest absolute Gasteiger partial charge is 0.357 e. The number of rotatable bonds is 5. The fourth-order valence-corrected chi connectivity index (χ4v) is 4.20. The lowest BCUT2D eigenvalue weighted by Crippen LogP contribution is -3.61. The van der Waals surface area contributed by atoms with Crippen LogP contribution >= 0.6 is 0 Å². The first-order chi connectivity index (χ1) is 10.8. The molecule has 3 aromatic carbocycles. The van der Waals surface area contributed by atoms with Gasteiger partial charge in [-0.25, -0.2) is 4.39 Å². The van der Waals surface area contributed by atoms with Gasteiger partial charge in [0, 0.05) is 0 Å². The second kappa shape index (κ2) is 7.40. The minimum Gasteiger partial charge on any atom is -0.489 e. The topological polar surface area (TPSA) is 9.23 Å². The maximum atomic E-state index is 13.1. The van der Waals surface area contributed by atoms with Crippen LogP contribution in [0.25, 0.3) is 0 Å². The van der Waals surface area contributed by atoms with Crippen LogP contribution in [0.3, 0.4) is 0 Å². The lowest BCUT2D eigenvalue weighted by atomic mass is 10.2. The molecular formula is C19H15FIO+. The molecule has 0 heterocycles. The highest BCUT2D eigenvalue weighted by molar-refractivity contribution is 5.22. The van der Waals surface area contributed by atoms with Gasteiger partial charge in [0.05, 0.1) is 0 Å². The molecule has 0 aliphatic rings. The van der Waals surface area contributed by atoms with Gasteiger partial charge in [-0.05, 0) is 54.1 Å². The van der Waals surface area contributed by atoms with Crippen molar-refractivity contribution in [2.45, 2.75) is 6.61 Å². The van der Waals surface area contributed by atoms with E-state index >= 15 is 0 Å². The highest BCUT2D eigenvalue weighted by Gasteiger charge is 2.14. The molecule has 0 amide bonds. The molecule has 0 saturated carbocycles. The van der Waals surface area contributed by atoms with Gasteiger partial charge in [0.15, 0.2) is 7.14 Å². The van der Waals surface area contributed by atoms with Crippen LogP contribution in [0.2, 0.25) is 0 Å². The molecule has 0 aliphatic heterocycles. The number of ether oxygens (including phenoxy) is 1. The van der Waals surface area contributed by atoms with Crippen molar-refractivity contribution in [3.05, 3.63) is 97.4 Å². The van der Waals surface area contributed by atoms with Gasteiger partial charge in [0.2, 0.25) is 0 Å². The second-order valence-electron chi connectivity index (χ2n) is 4.76. The molecule has 0 saturated heterocycles. The van der Waals surface area contributed by atoms with E-state index in [1.165, 1.54) is 19.3 Å². The van der Waals surface area contributed by atoms with Crippen LogP contribution in [0.15, 0.2) is 78.9 Å². The second-order valence-corrected chi connectivity index (χ2v) is 7.79. The van der Waals surface area contributed by atoms with Gasteiger partial charge >= 0.3 is 21.2 Å². The SMILES string of the molecule is Fc1cccc(COc2ccc([I+]c3ccccc3)cc2)c1. The van der Waals surface area contributed by atoms with Crippen molar-refractivity contribution in [2.75, 3.05) is 0 Å². The predicted molar refractivity (Wildman–Crippen MR) is 81.0 cm³/mol. The van der Waals surface area contributed by atoms with Gasteiger partial charge in [0.25, 0.3) is 0 Å². The van der Waals surface area contributed by atoms with Crippen molar-refractivity contribution in [2.24, 2.45) is 0 Å². The van der Waals surface area contributed by atoms with E-state index < -0.39 is 0 Å². The van der Waals surface area contributed by atoms with Crippen LogP contribution in [0.1, 0.15) is 5.56 Å². The third-order valence-corrected chi connectivity index (χ3v) is 5.74. The van der Waals surface area contributed by atoms with E-state index in [1.807, 2.05) is 24.3 Å². The molecule has 0 bridgehead atoms. The molecule has 3 aromatic rings. The van der Waals surface area contributed by atoms with Gasteiger partial charge < -0.3 is 4.74 Å². The lowest BCUT2D eigenvalue weighted by Gasteiger charge is -2.05. The van der Waals surface area contributed by atoms with Gasteiger partial charge in [-0.2, -0.15) is 0 Å². The van der Waals surface area contributed by atoms with E-state index in [9.17, 15) is 4.39 Å². The molecule has 0 aromatic heterocycles. The fourth-order valence-electron chi connectivity index (χ4n) is 1.99. The Kier molecular flexibility index (Phi) is 5.06. The standard InChI is InChI=1S/C19H15FIO/c20-16-6-4-5-15(13-16)14-22-19-11-9-18(10-12-19)21-17-7-2-1-3-8-17/h1-13H,14H2/q+1. The fraction of sp³-hybridized carbons (Fsp3) is 0.0526. The van der Waals surface area contributed by atoms with Crippen LogP contribution in [0.5, 0.6) is 5.75 Å². The zero-order valence-corrected chi connectivity index (χ0v) is 14.0. The first-order valence-corrected chi connectivity index (χ1v) is 9.12. The molecule has 110 valence electrons. The summed E-state index contributed by atoms with van der Waals surface area (Å²) in [7, 11) is 0. The Balaban J connectivity index is 1.60. The zero-order valence-electron chi connectivity index (χ0n) is 11.9. The maximum Gasteiger partial charge on any atom is 0.357 e. The molecule has 1 nitrogen and oxygen atoms in total. The van der Waals surface area contributed by atoms with Crippen LogP contribution < -0.4 is 25.9 Å². The molecule has 3 heteroatoms. The zero-order chi connectivity index (χ0) is 15.2. The minimum atomic E-state index is -0.232. The van der Waals surface area contributed by atoms with E-state index in [-0.39, 0.29) is 27.0 Å². The van der Waals surface area contributed by atoms with Crippen LogP contribution in [0.4, 0.5) is 4.39 Å². The molecule has 22 heavy (non-hydrogen) atoms. The Bertz CT molecular complexity index is 726. The van der Waals surface area contributed by atoms with Gasteiger partial charge in [0.1, 0.15) is 18.2 Å². The molecular weight excluding hydrogens is 390 g/mol. The highest BCUT2D eigenvalue weighted by Crippen LogP contribution is 2.12. The van der Waals surface area contributed by atoms with E-state index in [2.05, 4.69) is 36.4 Å². The number of halogens is 2. The summed E-state index contributed by atoms with van der Waals surface area (Å²) < 4.78 is 21.5.